The van der Waals surface area contributed by atoms with Gasteiger partial charge in [-0.05, 0) is 30.9 Å². The van der Waals surface area contributed by atoms with Gasteiger partial charge >= 0.3 is 5.97 Å². The van der Waals surface area contributed by atoms with E-state index in [2.05, 4.69) is 0 Å². The summed E-state index contributed by atoms with van der Waals surface area (Å²) in [6.45, 7) is 4.00. The number of anilines is 1. The first kappa shape index (κ1) is 13.4. The van der Waals surface area contributed by atoms with E-state index in [1.165, 1.54) is 22.7 Å². The van der Waals surface area contributed by atoms with Gasteiger partial charge in [0.25, 0.3) is 0 Å². The molecular weight excluding hydrogens is 290 g/mol. The normalized spacial score (nSPS) is 10.6. The van der Waals surface area contributed by atoms with E-state index >= 15 is 0 Å². The van der Waals surface area contributed by atoms with Crippen LogP contribution in [0.2, 0.25) is 5.02 Å². The number of nitrogens with two attached hydrogens (primary N) is 1. The summed E-state index contributed by atoms with van der Waals surface area (Å²) in [6.07, 6.45) is 0. The molecule has 0 saturated heterocycles. The predicted octanol–water partition coefficient (Wildman–Crippen LogP) is 4.20. The van der Waals surface area contributed by atoms with Crippen LogP contribution in [0.25, 0.3) is 9.75 Å². The molecule has 0 amide bonds. The average molecular weight is 302 g/mol. The van der Waals surface area contributed by atoms with Gasteiger partial charge in [-0.15, -0.1) is 22.7 Å². The summed E-state index contributed by atoms with van der Waals surface area (Å²) in [5.41, 5.74) is 7.33. The van der Waals surface area contributed by atoms with Crippen molar-refractivity contribution in [2.24, 2.45) is 0 Å². The standard InChI is InChI=1S/C12H12ClNO2S2/c1-3-16-12(15)11-8(14)6(2)9(18-11)10-7(13)4-5-17-10/h4-5H,3,14H2,1-2H3. The van der Waals surface area contributed by atoms with Gasteiger partial charge < -0.3 is 10.5 Å². The smallest absolute Gasteiger partial charge is 0.350 e. The molecule has 0 radical (unpaired) electrons. The molecule has 2 N–H and O–H groups in total. The van der Waals surface area contributed by atoms with E-state index in [0.717, 1.165) is 15.3 Å². The minimum absolute atomic E-state index is 0.338. The first-order chi connectivity index (χ1) is 8.56. The zero-order valence-electron chi connectivity index (χ0n) is 9.95. The molecule has 0 aliphatic heterocycles. The highest BCUT2D eigenvalue weighted by Crippen LogP contribution is 2.43. The molecule has 0 unspecified atom stereocenters. The molecule has 0 saturated carbocycles. The third kappa shape index (κ3) is 2.25. The van der Waals surface area contributed by atoms with Gasteiger partial charge in [0.05, 0.1) is 27.1 Å². The minimum atomic E-state index is -0.373. The van der Waals surface area contributed by atoms with E-state index < -0.39 is 0 Å². The first-order valence-electron chi connectivity index (χ1n) is 5.35. The largest absolute Gasteiger partial charge is 0.462 e. The van der Waals surface area contributed by atoms with Crippen LogP contribution in [0.15, 0.2) is 11.4 Å². The molecule has 2 aromatic heterocycles. The zero-order valence-corrected chi connectivity index (χ0v) is 12.3. The van der Waals surface area contributed by atoms with Crippen LogP contribution in [0, 0.1) is 6.92 Å². The molecule has 2 aromatic rings. The van der Waals surface area contributed by atoms with Gasteiger partial charge in [-0.1, -0.05) is 11.6 Å². The van der Waals surface area contributed by atoms with Gasteiger partial charge in [0, 0.05) is 0 Å². The second-order valence-corrected chi connectivity index (χ2v) is 5.96. The van der Waals surface area contributed by atoms with Crippen LogP contribution in [0.1, 0.15) is 22.2 Å². The van der Waals surface area contributed by atoms with Crippen LogP contribution >= 0.6 is 34.3 Å². The highest BCUT2D eigenvalue weighted by Gasteiger charge is 2.21. The molecule has 96 valence electrons. The number of ether oxygens (including phenoxy) is 1. The van der Waals surface area contributed by atoms with Gasteiger partial charge in [-0.3, -0.25) is 0 Å². The molecular formula is C12H12ClNO2S2. The second kappa shape index (κ2) is 5.30. The Bertz CT molecular complexity index is 589. The van der Waals surface area contributed by atoms with Crippen molar-refractivity contribution >= 4 is 45.9 Å². The molecule has 18 heavy (non-hydrogen) atoms. The Morgan fingerprint density at radius 2 is 2.22 bits per heavy atom. The van der Waals surface area contributed by atoms with Gasteiger partial charge in [0.15, 0.2) is 0 Å². The molecule has 2 heterocycles. The van der Waals surface area contributed by atoms with Crippen molar-refractivity contribution in [2.45, 2.75) is 13.8 Å². The number of nitrogen functional groups attached to an aromatic ring is 1. The lowest BCUT2D eigenvalue weighted by molar-refractivity contribution is 0.0533. The fourth-order valence-corrected chi connectivity index (χ4v) is 4.09. The van der Waals surface area contributed by atoms with Crippen LogP contribution in [-0.2, 0) is 4.74 Å². The maximum Gasteiger partial charge on any atom is 0.350 e. The Morgan fingerprint density at radius 3 is 2.78 bits per heavy atom. The molecule has 0 aliphatic rings. The number of carbonyl (C=O) groups is 1. The summed E-state index contributed by atoms with van der Waals surface area (Å²) in [5.74, 6) is -0.373. The lowest BCUT2D eigenvalue weighted by Gasteiger charge is -1.99. The molecule has 0 aliphatic carbocycles. The Labute approximate surface area is 118 Å². The van der Waals surface area contributed by atoms with Crippen molar-refractivity contribution in [1.29, 1.82) is 0 Å². The van der Waals surface area contributed by atoms with E-state index in [1.54, 1.807) is 6.92 Å². The summed E-state index contributed by atoms with van der Waals surface area (Å²) in [7, 11) is 0. The SMILES string of the molecule is CCOC(=O)c1sc(-c2sccc2Cl)c(C)c1N. The predicted molar refractivity (Wildman–Crippen MR) is 77.7 cm³/mol. The molecule has 2 rings (SSSR count). The maximum atomic E-state index is 11.8. The lowest BCUT2D eigenvalue weighted by atomic mass is 10.2. The topological polar surface area (TPSA) is 52.3 Å². The Hall–Kier alpha value is -1.04. The van der Waals surface area contributed by atoms with Crippen molar-refractivity contribution < 1.29 is 9.53 Å². The summed E-state index contributed by atoms with van der Waals surface area (Å²) >= 11 is 8.98. The van der Waals surface area contributed by atoms with Crippen molar-refractivity contribution in [2.75, 3.05) is 12.3 Å². The van der Waals surface area contributed by atoms with E-state index in [4.69, 9.17) is 22.1 Å². The van der Waals surface area contributed by atoms with Crippen LogP contribution in [0.5, 0.6) is 0 Å². The summed E-state index contributed by atoms with van der Waals surface area (Å²) in [5, 5.41) is 2.59. The number of thiophene rings is 2. The Kier molecular flexibility index (Phi) is 3.94. The first-order valence-corrected chi connectivity index (χ1v) is 7.43. The number of halogens is 1. The van der Waals surface area contributed by atoms with Crippen molar-refractivity contribution in [3.8, 4) is 9.75 Å². The van der Waals surface area contributed by atoms with Gasteiger partial charge in [0.2, 0.25) is 0 Å². The fraction of sp³-hybridized carbons (Fsp3) is 0.250. The summed E-state index contributed by atoms with van der Waals surface area (Å²) < 4.78 is 4.99. The van der Waals surface area contributed by atoms with E-state index in [9.17, 15) is 4.79 Å². The van der Waals surface area contributed by atoms with E-state index in [0.29, 0.717) is 22.2 Å². The number of carbonyl (C=O) groups excluding carboxylic acids is 1. The molecule has 0 fully saturated rings. The quantitative estimate of drug-likeness (QED) is 0.865. The van der Waals surface area contributed by atoms with Crippen LogP contribution < -0.4 is 5.73 Å². The van der Waals surface area contributed by atoms with Gasteiger partial charge in [-0.2, -0.15) is 0 Å². The molecule has 0 aromatic carbocycles. The monoisotopic (exact) mass is 301 g/mol. The van der Waals surface area contributed by atoms with Crippen molar-refractivity contribution in [1.82, 2.24) is 0 Å². The second-order valence-electron chi connectivity index (χ2n) is 3.62. The van der Waals surface area contributed by atoms with Crippen LogP contribution in [0.4, 0.5) is 5.69 Å². The van der Waals surface area contributed by atoms with Crippen molar-refractivity contribution in [3.63, 3.8) is 0 Å². The summed E-state index contributed by atoms with van der Waals surface area (Å²) in [4.78, 5) is 14.1. The number of esters is 1. The highest BCUT2D eigenvalue weighted by molar-refractivity contribution is 7.23. The minimum Gasteiger partial charge on any atom is -0.462 e. The van der Waals surface area contributed by atoms with Crippen molar-refractivity contribution in [3.05, 3.63) is 26.9 Å². The van der Waals surface area contributed by atoms with Crippen LogP contribution in [-0.4, -0.2) is 12.6 Å². The Morgan fingerprint density at radius 1 is 1.50 bits per heavy atom. The van der Waals surface area contributed by atoms with E-state index in [1.807, 2.05) is 18.4 Å². The zero-order chi connectivity index (χ0) is 13.3. The molecule has 3 nitrogen and oxygen atoms in total. The van der Waals surface area contributed by atoms with Gasteiger partial charge in [-0.25, -0.2) is 4.79 Å². The molecule has 0 spiro atoms. The highest BCUT2D eigenvalue weighted by atomic mass is 35.5. The Balaban J connectivity index is 2.49. The number of rotatable bonds is 3. The number of hydrogen-bond donors (Lipinski definition) is 1. The number of hydrogen-bond acceptors (Lipinski definition) is 5. The fourth-order valence-electron chi connectivity index (χ4n) is 1.55. The molecule has 0 bridgehead atoms. The lowest BCUT2D eigenvalue weighted by Crippen LogP contribution is -2.05. The molecule has 0 atom stereocenters. The van der Waals surface area contributed by atoms with E-state index in [-0.39, 0.29) is 5.97 Å². The third-order valence-corrected chi connectivity index (χ3v) is 5.27. The summed E-state index contributed by atoms with van der Waals surface area (Å²) in [6, 6.07) is 1.83. The van der Waals surface area contributed by atoms with Gasteiger partial charge in [0.1, 0.15) is 4.88 Å². The third-order valence-electron chi connectivity index (χ3n) is 2.48. The average Bonchev–Trinajstić information content (AvgIpc) is 2.86. The maximum absolute atomic E-state index is 11.8. The molecule has 6 heteroatoms. The van der Waals surface area contributed by atoms with Crippen LogP contribution in [0.3, 0.4) is 0 Å².